The van der Waals surface area contributed by atoms with Gasteiger partial charge in [0.05, 0.1) is 10.5 Å². The lowest BCUT2D eigenvalue weighted by Gasteiger charge is -2.17. The minimum absolute atomic E-state index is 0.0504. The monoisotopic (exact) mass is 388 g/mol. The number of fused-ring (bicyclic) bond motifs is 1. The van der Waals surface area contributed by atoms with Crippen molar-refractivity contribution in [3.8, 4) is 11.8 Å². The Balaban J connectivity index is 1.63. The predicted octanol–water partition coefficient (Wildman–Crippen LogP) is 3.70. The van der Waals surface area contributed by atoms with E-state index in [2.05, 4.69) is 20.3 Å². The van der Waals surface area contributed by atoms with Crippen LogP contribution in [0.15, 0.2) is 36.7 Å². The SMILES string of the molecule is C[C@@H](Oc1ncnc2ccc(O[C@H]3CCNC3)nc12)c1cccc(Cl)c1F. The Morgan fingerprint density at radius 2 is 2.15 bits per heavy atom. The first-order chi connectivity index (χ1) is 13.1. The maximum Gasteiger partial charge on any atom is 0.244 e. The molecule has 6 nitrogen and oxygen atoms in total. The van der Waals surface area contributed by atoms with E-state index in [0.29, 0.717) is 22.5 Å². The molecule has 0 saturated carbocycles. The number of halogens is 2. The van der Waals surface area contributed by atoms with Crippen molar-refractivity contribution in [2.45, 2.75) is 25.6 Å². The van der Waals surface area contributed by atoms with Gasteiger partial charge in [0, 0.05) is 18.2 Å². The molecule has 0 amide bonds. The molecular formula is C19H18ClFN4O2. The van der Waals surface area contributed by atoms with Crippen LogP contribution >= 0.6 is 11.6 Å². The van der Waals surface area contributed by atoms with E-state index in [0.717, 1.165) is 19.5 Å². The molecule has 3 heterocycles. The summed E-state index contributed by atoms with van der Waals surface area (Å²) in [5.41, 5.74) is 1.43. The molecule has 2 atom stereocenters. The minimum Gasteiger partial charge on any atom is -0.473 e. The van der Waals surface area contributed by atoms with Gasteiger partial charge in [-0.05, 0) is 32.0 Å². The highest BCUT2D eigenvalue weighted by Crippen LogP contribution is 2.30. The van der Waals surface area contributed by atoms with Gasteiger partial charge in [0.1, 0.15) is 24.4 Å². The second kappa shape index (κ2) is 7.62. The van der Waals surface area contributed by atoms with Crippen molar-refractivity contribution in [3.05, 3.63) is 53.1 Å². The summed E-state index contributed by atoms with van der Waals surface area (Å²) in [5.74, 6) is 0.245. The van der Waals surface area contributed by atoms with E-state index in [-0.39, 0.29) is 17.0 Å². The first-order valence-corrected chi connectivity index (χ1v) is 9.09. The number of pyridine rings is 1. The molecule has 8 heteroatoms. The summed E-state index contributed by atoms with van der Waals surface area (Å²) in [4.78, 5) is 12.9. The van der Waals surface area contributed by atoms with Crippen LogP contribution in [0.3, 0.4) is 0 Å². The molecule has 140 valence electrons. The van der Waals surface area contributed by atoms with Gasteiger partial charge in [0.25, 0.3) is 0 Å². The Bertz CT molecular complexity index is 966. The fraction of sp³-hybridized carbons (Fsp3) is 0.316. The summed E-state index contributed by atoms with van der Waals surface area (Å²) < 4.78 is 26.1. The largest absolute Gasteiger partial charge is 0.473 e. The van der Waals surface area contributed by atoms with Crippen LogP contribution in [0, 0.1) is 5.82 Å². The number of rotatable bonds is 5. The van der Waals surface area contributed by atoms with Crippen LogP contribution in [-0.2, 0) is 0 Å². The Kier molecular flexibility index (Phi) is 5.05. The Morgan fingerprint density at radius 3 is 2.96 bits per heavy atom. The lowest BCUT2D eigenvalue weighted by atomic mass is 10.1. The highest BCUT2D eigenvalue weighted by atomic mass is 35.5. The third kappa shape index (κ3) is 3.79. The molecule has 1 saturated heterocycles. The second-order valence-electron chi connectivity index (χ2n) is 6.33. The van der Waals surface area contributed by atoms with Crippen molar-refractivity contribution in [1.29, 1.82) is 0 Å². The third-order valence-corrected chi connectivity index (χ3v) is 4.73. The highest BCUT2D eigenvalue weighted by Gasteiger charge is 2.19. The van der Waals surface area contributed by atoms with Crippen LogP contribution in [0.25, 0.3) is 11.0 Å². The highest BCUT2D eigenvalue weighted by molar-refractivity contribution is 6.30. The van der Waals surface area contributed by atoms with Crippen LogP contribution in [-0.4, -0.2) is 34.1 Å². The lowest BCUT2D eigenvalue weighted by Crippen LogP contribution is -2.20. The van der Waals surface area contributed by atoms with Crippen LogP contribution in [0.1, 0.15) is 25.0 Å². The first kappa shape index (κ1) is 17.9. The average molecular weight is 389 g/mol. The topological polar surface area (TPSA) is 69.2 Å². The molecule has 0 aliphatic carbocycles. The fourth-order valence-electron chi connectivity index (χ4n) is 3.02. The standard InChI is InChI=1S/C19H18ClFN4O2/c1-11(13-3-2-4-14(20)17(13)21)26-19-18-15(23-10-24-19)5-6-16(25-18)27-12-7-8-22-9-12/h2-6,10-12,22H,7-9H2,1H3/t11-,12+/m1/s1. The molecule has 1 fully saturated rings. The number of hydrogen-bond donors (Lipinski definition) is 1. The van der Waals surface area contributed by atoms with Crippen molar-refractivity contribution in [1.82, 2.24) is 20.3 Å². The third-order valence-electron chi connectivity index (χ3n) is 4.43. The van der Waals surface area contributed by atoms with E-state index in [4.69, 9.17) is 21.1 Å². The molecule has 1 aromatic carbocycles. The molecule has 0 radical (unpaired) electrons. The molecule has 1 aliphatic heterocycles. The summed E-state index contributed by atoms with van der Waals surface area (Å²) >= 11 is 5.87. The van der Waals surface area contributed by atoms with Crippen molar-refractivity contribution in [3.63, 3.8) is 0 Å². The molecule has 0 unspecified atom stereocenters. The Hall–Kier alpha value is -2.51. The molecule has 2 aromatic heterocycles. The van der Waals surface area contributed by atoms with E-state index >= 15 is 0 Å². The van der Waals surface area contributed by atoms with Crippen LogP contribution in [0.4, 0.5) is 4.39 Å². The molecule has 1 aliphatic rings. The van der Waals surface area contributed by atoms with Gasteiger partial charge in [-0.2, -0.15) is 4.98 Å². The van der Waals surface area contributed by atoms with E-state index in [1.54, 1.807) is 31.2 Å². The summed E-state index contributed by atoms with van der Waals surface area (Å²) in [6.07, 6.45) is 1.80. The maximum absolute atomic E-state index is 14.3. The van der Waals surface area contributed by atoms with Crippen molar-refractivity contribution < 1.29 is 13.9 Å². The van der Waals surface area contributed by atoms with E-state index in [9.17, 15) is 4.39 Å². The minimum atomic E-state index is -0.604. The number of hydrogen-bond acceptors (Lipinski definition) is 6. The molecule has 1 N–H and O–H groups in total. The van der Waals surface area contributed by atoms with Gasteiger partial charge in [0.15, 0.2) is 5.52 Å². The quantitative estimate of drug-likeness (QED) is 0.718. The number of ether oxygens (including phenoxy) is 2. The summed E-state index contributed by atoms with van der Waals surface area (Å²) in [6, 6.07) is 8.38. The molecule has 0 bridgehead atoms. The van der Waals surface area contributed by atoms with Gasteiger partial charge in [-0.25, -0.2) is 14.4 Å². The summed E-state index contributed by atoms with van der Waals surface area (Å²) in [6.45, 7) is 3.45. The van der Waals surface area contributed by atoms with Gasteiger partial charge in [0.2, 0.25) is 11.8 Å². The number of nitrogens with zero attached hydrogens (tertiary/aromatic N) is 3. The Labute approximate surface area is 160 Å². The first-order valence-electron chi connectivity index (χ1n) is 8.71. The second-order valence-corrected chi connectivity index (χ2v) is 6.74. The zero-order valence-corrected chi connectivity index (χ0v) is 15.4. The molecule has 4 rings (SSSR count). The maximum atomic E-state index is 14.3. The lowest BCUT2D eigenvalue weighted by molar-refractivity contribution is 0.209. The van der Waals surface area contributed by atoms with Gasteiger partial charge in [-0.15, -0.1) is 0 Å². The molecule has 0 spiro atoms. The van der Waals surface area contributed by atoms with Crippen LogP contribution in [0.5, 0.6) is 11.8 Å². The van der Waals surface area contributed by atoms with E-state index in [1.165, 1.54) is 12.4 Å². The van der Waals surface area contributed by atoms with E-state index in [1.807, 2.05) is 0 Å². The van der Waals surface area contributed by atoms with Crippen molar-refractivity contribution >= 4 is 22.6 Å². The summed E-state index contributed by atoms with van der Waals surface area (Å²) in [5, 5.41) is 3.30. The molecule has 3 aromatic rings. The van der Waals surface area contributed by atoms with Crippen LogP contribution in [0.2, 0.25) is 5.02 Å². The predicted molar refractivity (Wildman–Crippen MR) is 99.7 cm³/mol. The normalized spacial score (nSPS) is 17.8. The summed E-state index contributed by atoms with van der Waals surface area (Å²) in [7, 11) is 0. The van der Waals surface area contributed by atoms with Gasteiger partial charge in [-0.3, -0.25) is 0 Å². The zero-order chi connectivity index (χ0) is 18.8. The average Bonchev–Trinajstić information content (AvgIpc) is 3.17. The van der Waals surface area contributed by atoms with E-state index < -0.39 is 11.9 Å². The number of aromatic nitrogens is 3. The van der Waals surface area contributed by atoms with Gasteiger partial charge < -0.3 is 14.8 Å². The van der Waals surface area contributed by atoms with Crippen molar-refractivity contribution in [2.75, 3.05) is 13.1 Å². The Morgan fingerprint density at radius 1 is 1.26 bits per heavy atom. The molecular weight excluding hydrogens is 371 g/mol. The molecule has 27 heavy (non-hydrogen) atoms. The van der Waals surface area contributed by atoms with Gasteiger partial charge in [-0.1, -0.05) is 23.7 Å². The van der Waals surface area contributed by atoms with Gasteiger partial charge >= 0.3 is 0 Å². The van der Waals surface area contributed by atoms with Crippen LogP contribution < -0.4 is 14.8 Å². The fourth-order valence-corrected chi connectivity index (χ4v) is 3.20. The smallest absolute Gasteiger partial charge is 0.244 e. The number of nitrogens with one attached hydrogen (secondary N) is 1. The number of benzene rings is 1. The zero-order valence-electron chi connectivity index (χ0n) is 14.7. The van der Waals surface area contributed by atoms with Crippen molar-refractivity contribution in [2.24, 2.45) is 0 Å².